The van der Waals surface area contributed by atoms with Crippen molar-refractivity contribution < 1.29 is 19.4 Å². The summed E-state index contributed by atoms with van der Waals surface area (Å²) in [7, 11) is 1.57. The molecule has 0 radical (unpaired) electrons. The Morgan fingerprint density at radius 2 is 2.00 bits per heavy atom. The summed E-state index contributed by atoms with van der Waals surface area (Å²) in [5, 5.41) is 11.7. The van der Waals surface area contributed by atoms with Gasteiger partial charge in [-0.15, -0.1) is 0 Å². The number of amides is 1. The normalized spacial score (nSPS) is 11.0. The SMILES string of the molecule is COc1ccc(C(=O)NC(C)(C)CCC(=O)O)cc1-c1ccccn1. The molecule has 2 rings (SSSR count). The van der Waals surface area contributed by atoms with Crippen molar-refractivity contribution in [3.63, 3.8) is 0 Å². The van der Waals surface area contributed by atoms with Gasteiger partial charge in [0.2, 0.25) is 0 Å². The number of carboxylic acid groups (broad SMARTS) is 1. The Labute approximate surface area is 146 Å². The molecule has 2 aromatic rings. The Morgan fingerprint density at radius 3 is 2.60 bits per heavy atom. The maximum Gasteiger partial charge on any atom is 0.303 e. The number of benzene rings is 1. The maximum absolute atomic E-state index is 12.6. The number of aromatic nitrogens is 1. The van der Waals surface area contributed by atoms with Crippen LogP contribution < -0.4 is 10.1 Å². The molecule has 0 saturated heterocycles. The molecule has 1 aromatic carbocycles. The van der Waals surface area contributed by atoms with Crippen LogP contribution >= 0.6 is 0 Å². The molecule has 6 heteroatoms. The van der Waals surface area contributed by atoms with E-state index in [4.69, 9.17) is 9.84 Å². The van der Waals surface area contributed by atoms with Crippen molar-refractivity contribution in [3.8, 4) is 17.0 Å². The molecule has 0 saturated carbocycles. The van der Waals surface area contributed by atoms with Crippen LogP contribution in [-0.2, 0) is 4.79 Å². The minimum atomic E-state index is -0.885. The third-order valence-corrected chi connectivity index (χ3v) is 3.82. The number of hydrogen-bond acceptors (Lipinski definition) is 4. The fourth-order valence-electron chi connectivity index (χ4n) is 2.43. The number of carbonyl (C=O) groups is 2. The highest BCUT2D eigenvalue weighted by atomic mass is 16.5. The standard InChI is InChI=1S/C19H22N2O4/c1-19(2,10-9-17(22)23)21-18(24)13-7-8-16(25-3)14(12-13)15-6-4-5-11-20-15/h4-8,11-12H,9-10H2,1-3H3,(H,21,24)(H,22,23). The van der Waals surface area contributed by atoms with Gasteiger partial charge in [-0.05, 0) is 50.6 Å². The van der Waals surface area contributed by atoms with E-state index < -0.39 is 11.5 Å². The summed E-state index contributed by atoms with van der Waals surface area (Å²) in [5.74, 6) is -0.528. The fourth-order valence-corrected chi connectivity index (χ4v) is 2.43. The van der Waals surface area contributed by atoms with Crippen molar-refractivity contribution in [1.29, 1.82) is 0 Å². The predicted octanol–water partition coefficient (Wildman–Crippen LogP) is 3.13. The lowest BCUT2D eigenvalue weighted by atomic mass is 9.97. The van der Waals surface area contributed by atoms with Crippen molar-refractivity contribution >= 4 is 11.9 Å². The number of nitrogens with zero attached hydrogens (tertiary/aromatic N) is 1. The predicted molar refractivity (Wildman–Crippen MR) is 94.6 cm³/mol. The van der Waals surface area contributed by atoms with Crippen LogP contribution in [0.5, 0.6) is 5.75 Å². The molecule has 132 valence electrons. The number of ether oxygens (including phenoxy) is 1. The average molecular weight is 342 g/mol. The lowest BCUT2D eigenvalue weighted by Gasteiger charge is -2.25. The van der Waals surface area contributed by atoms with Gasteiger partial charge in [-0.25, -0.2) is 0 Å². The van der Waals surface area contributed by atoms with E-state index in [0.717, 1.165) is 5.56 Å². The van der Waals surface area contributed by atoms with Crippen molar-refractivity contribution in [2.75, 3.05) is 7.11 Å². The number of nitrogens with one attached hydrogen (secondary N) is 1. The number of hydrogen-bond donors (Lipinski definition) is 2. The van der Waals surface area contributed by atoms with Crippen molar-refractivity contribution in [2.45, 2.75) is 32.2 Å². The van der Waals surface area contributed by atoms with E-state index >= 15 is 0 Å². The van der Waals surface area contributed by atoms with Crippen LogP contribution in [0.4, 0.5) is 0 Å². The van der Waals surface area contributed by atoms with E-state index in [0.29, 0.717) is 23.4 Å². The Balaban J connectivity index is 2.25. The Kier molecular flexibility index (Phi) is 5.75. The smallest absolute Gasteiger partial charge is 0.303 e. The van der Waals surface area contributed by atoms with Crippen molar-refractivity contribution in [2.24, 2.45) is 0 Å². The topological polar surface area (TPSA) is 88.5 Å². The van der Waals surface area contributed by atoms with Crippen LogP contribution in [0, 0.1) is 0 Å². The van der Waals surface area contributed by atoms with Crippen LogP contribution in [0.2, 0.25) is 0 Å². The third kappa shape index (κ3) is 5.04. The second kappa shape index (κ2) is 7.79. The molecule has 0 atom stereocenters. The van der Waals surface area contributed by atoms with Crippen LogP contribution in [0.1, 0.15) is 37.0 Å². The van der Waals surface area contributed by atoms with Crippen LogP contribution in [0.25, 0.3) is 11.3 Å². The molecular weight excluding hydrogens is 320 g/mol. The molecule has 25 heavy (non-hydrogen) atoms. The summed E-state index contributed by atoms with van der Waals surface area (Å²) in [6, 6.07) is 10.7. The average Bonchev–Trinajstić information content (AvgIpc) is 2.60. The lowest BCUT2D eigenvalue weighted by Crippen LogP contribution is -2.43. The highest BCUT2D eigenvalue weighted by Gasteiger charge is 2.23. The number of methoxy groups -OCH3 is 1. The van der Waals surface area contributed by atoms with Gasteiger partial charge < -0.3 is 15.2 Å². The second-order valence-corrected chi connectivity index (χ2v) is 6.36. The zero-order chi connectivity index (χ0) is 18.4. The molecule has 1 heterocycles. The number of rotatable bonds is 7. The van der Waals surface area contributed by atoms with E-state index in [1.54, 1.807) is 45.4 Å². The molecule has 1 aromatic heterocycles. The molecule has 0 aliphatic heterocycles. The first kappa shape index (κ1) is 18.4. The lowest BCUT2D eigenvalue weighted by molar-refractivity contribution is -0.137. The van der Waals surface area contributed by atoms with Crippen LogP contribution in [-0.4, -0.2) is 34.6 Å². The minimum absolute atomic E-state index is 0.00488. The van der Waals surface area contributed by atoms with Gasteiger partial charge in [-0.2, -0.15) is 0 Å². The highest BCUT2D eigenvalue weighted by Crippen LogP contribution is 2.29. The summed E-state index contributed by atoms with van der Waals surface area (Å²) < 4.78 is 5.36. The first-order chi connectivity index (χ1) is 11.8. The Morgan fingerprint density at radius 1 is 1.24 bits per heavy atom. The number of carbonyl (C=O) groups excluding carboxylic acids is 1. The van der Waals surface area contributed by atoms with Crippen molar-refractivity contribution in [3.05, 3.63) is 48.2 Å². The number of carboxylic acids is 1. The van der Waals surface area contributed by atoms with E-state index in [1.807, 2.05) is 18.2 Å². The zero-order valence-electron chi connectivity index (χ0n) is 14.6. The quantitative estimate of drug-likeness (QED) is 0.807. The zero-order valence-corrected chi connectivity index (χ0v) is 14.6. The summed E-state index contributed by atoms with van der Waals surface area (Å²) in [5.41, 5.74) is 1.27. The fraction of sp³-hybridized carbons (Fsp3) is 0.316. The molecule has 0 aliphatic carbocycles. The molecule has 0 spiro atoms. The van der Waals surface area contributed by atoms with E-state index in [9.17, 15) is 9.59 Å². The van der Waals surface area contributed by atoms with Gasteiger partial charge in [0.15, 0.2) is 0 Å². The van der Waals surface area contributed by atoms with E-state index in [2.05, 4.69) is 10.3 Å². The molecule has 0 fully saturated rings. The van der Waals surface area contributed by atoms with Gasteiger partial charge in [0, 0.05) is 29.3 Å². The van der Waals surface area contributed by atoms with Crippen molar-refractivity contribution in [1.82, 2.24) is 10.3 Å². The molecule has 0 unspecified atom stereocenters. The highest BCUT2D eigenvalue weighted by molar-refractivity contribution is 5.96. The summed E-state index contributed by atoms with van der Waals surface area (Å²) in [6.07, 6.45) is 2.02. The second-order valence-electron chi connectivity index (χ2n) is 6.36. The molecule has 0 bridgehead atoms. The van der Waals surface area contributed by atoms with Gasteiger partial charge in [-0.1, -0.05) is 6.07 Å². The Bertz CT molecular complexity index is 757. The van der Waals surface area contributed by atoms with Gasteiger partial charge in [0.1, 0.15) is 5.75 Å². The van der Waals surface area contributed by atoms with Gasteiger partial charge >= 0.3 is 5.97 Å². The maximum atomic E-state index is 12.6. The van der Waals surface area contributed by atoms with E-state index in [1.165, 1.54) is 0 Å². The number of pyridine rings is 1. The van der Waals surface area contributed by atoms with Crippen LogP contribution in [0.3, 0.4) is 0 Å². The summed E-state index contributed by atoms with van der Waals surface area (Å²) in [4.78, 5) is 27.6. The van der Waals surface area contributed by atoms with E-state index in [-0.39, 0.29) is 12.3 Å². The van der Waals surface area contributed by atoms with Gasteiger partial charge in [-0.3, -0.25) is 14.6 Å². The first-order valence-electron chi connectivity index (χ1n) is 7.96. The molecule has 0 aliphatic rings. The first-order valence-corrected chi connectivity index (χ1v) is 7.96. The third-order valence-electron chi connectivity index (χ3n) is 3.82. The summed E-state index contributed by atoms with van der Waals surface area (Å²) in [6.45, 7) is 3.61. The molecule has 6 nitrogen and oxygen atoms in total. The van der Waals surface area contributed by atoms with Crippen LogP contribution in [0.15, 0.2) is 42.6 Å². The Hall–Kier alpha value is -2.89. The molecule has 2 N–H and O–H groups in total. The molecular formula is C19H22N2O4. The summed E-state index contributed by atoms with van der Waals surface area (Å²) >= 11 is 0. The minimum Gasteiger partial charge on any atom is -0.496 e. The van der Waals surface area contributed by atoms with Gasteiger partial charge in [0.25, 0.3) is 5.91 Å². The molecule has 1 amide bonds. The largest absolute Gasteiger partial charge is 0.496 e. The van der Waals surface area contributed by atoms with Gasteiger partial charge in [0.05, 0.1) is 12.8 Å². The number of aliphatic carboxylic acids is 1. The monoisotopic (exact) mass is 342 g/mol.